The summed E-state index contributed by atoms with van der Waals surface area (Å²) in [7, 11) is 0. The summed E-state index contributed by atoms with van der Waals surface area (Å²) in [6.07, 6.45) is 2.73. The molecule has 1 aliphatic heterocycles. The number of nitrogens with one attached hydrogen (secondary N) is 1. The van der Waals surface area contributed by atoms with Gasteiger partial charge in [-0.15, -0.1) is 0 Å². The summed E-state index contributed by atoms with van der Waals surface area (Å²) < 4.78 is 11.1. The number of amides is 1. The first kappa shape index (κ1) is 17.8. The van der Waals surface area contributed by atoms with Gasteiger partial charge in [0, 0.05) is 31.1 Å². The Labute approximate surface area is 139 Å². The number of hydrogen-bond donors (Lipinski definition) is 1. The van der Waals surface area contributed by atoms with E-state index in [0.717, 1.165) is 38.2 Å². The molecular weight excluding hydrogens is 290 g/mol. The fourth-order valence-corrected chi connectivity index (χ4v) is 3.02. The van der Waals surface area contributed by atoms with Gasteiger partial charge in [-0.1, -0.05) is 26.0 Å². The molecule has 1 saturated heterocycles. The number of hydrogen-bond acceptors (Lipinski definition) is 3. The summed E-state index contributed by atoms with van der Waals surface area (Å²) in [6.45, 7) is 8.83. The van der Waals surface area contributed by atoms with E-state index in [2.05, 4.69) is 17.4 Å². The first-order chi connectivity index (χ1) is 11.1. The highest BCUT2D eigenvalue weighted by Crippen LogP contribution is 2.35. The summed E-state index contributed by atoms with van der Waals surface area (Å²) in [5, 5.41) is 3.16. The first-order valence-corrected chi connectivity index (χ1v) is 8.70. The number of benzene rings is 1. The Hall–Kier alpha value is -1.55. The van der Waals surface area contributed by atoms with Crippen LogP contribution in [0.3, 0.4) is 0 Å². The topological polar surface area (TPSA) is 47.6 Å². The molecule has 0 bridgehead atoms. The van der Waals surface area contributed by atoms with Crippen LogP contribution in [0.15, 0.2) is 24.3 Å². The van der Waals surface area contributed by atoms with Crippen molar-refractivity contribution in [1.82, 2.24) is 5.32 Å². The zero-order chi connectivity index (χ0) is 16.7. The van der Waals surface area contributed by atoms with Crippen molar-refractivity contribution < 1.29 is 14.3 Å². The van der Waals surface area contributed by atoms with Gasteiger partial charge in [-0.25, -0.2) is 0 Å². The smallest absolute Gasteiger partial charge is 0.222 e. The summed E-state index contributed by atoms with van der Waals surface area (Å²) in [4.78, 5) is 12.2. The van der Waals surface area contributed by atoms with E-state index in [1.165, 1.54) is 5.56 Å². The highest BCUT2D eigenvalue weighted by Gasteiger charge is 2.35. The van der Waals surface area contributed by atoms with Crippen LogP contribution in [0.5, 0.6) is 5.75 Å². The highest BCUT2D eigenvalue weighted by atomic mass is 16.5. The van der Waals surface area contributed by atoms with Crippen LogP contribution in [0.2, 0.25) is 0 Å². The van der Waals surface area contributed by atoms with E-state index < -0.39 is 0 Å². The Morgan fingerprint density at radius 1 is 1.26 bits per heavy atom. The maximum Gasteiger partial charge on any atom is 0.222 e. The molecule has 0 aromatic heterocycles. The van der Waals surface area contributed by atoms with Crippen molar-refractivity contribution >= 4 is 5.91 Å². The molecule has 23 heavy (non-hydrogen) atoms. The van der Waals surface area contributed by atoms with E-state index in [9.17, 15) is 4.79 Å². The van der Waals surface area contributed by atoms with E-state index in [0.29, 0.717) is 13.2 Å². The van der Waals surface area contributed by atoms with Crippen molar-refractivity contribution in [3.63, 3.8) is 0 Å². The Morgan fingerprint density at radius 2 is 1.91 bits per heavy atom. The number of ether oxygens (including phenoxy) is 2. The predicted octanol–water partition coefficient (Wildman–Crippen LogP) is 3.30. The third-order valence-corrected chi connectivity index (χ3v) is 4.89. The van der Waals surface area contributed by atoms with Crippen molar-refractivity contribution in [1.29, 1.82) is 0 Å². The van der Waals surface area contributed by atoms with Gasteiger partial charge in [0.1, 0.15) is 5.75 Å². The van der Waals surface area contributed by atoms with Gasteiger partial charge in [0.05, 0.1) is 6.61 Å². The molecule has 1 aliphatic rings. The number of carbonyl (C=O) groups is 1. The normalized spacial score (nSPS) is 18.2. The monoisotopic (exact) mass is 319 g/mol. The molecule has 0 saturated carbocycles. The Morgan fingerprint density at radius 3 is 2.48 bits per heavy atom. The van der Waals surface area contributed by atoms with E-state index in [4.69, 9.17) is 9.47 Å². The van der Waals surface area contributed by atoms with Crippen LogP contribution in [-0.2, 0) is 14.9 Å². The molecule has 0 aliphatic carbocycles. The SMILES string of the molecule is CCOc1ccc(C2(CNC(=O)[C@H](C)CC)CCOCC2)cc1. The summed E-state index contributed by atoms with van der Waals surface area (Å²) in [5.41, 5.74) is 1.22. The average molecular weight is 319 g/mol. The van der Waals surface area contributed by atoms with Gasteiger partial charge in [-0.05, 0) is 43.9 Å². The van der Waals surface area contributed by atoms with Gasteiger partial charge >= 0.3 is 0 Å². The quantitative estimate of drug-likeness (QED) is 0.839. The van der Waals surface area contributed by atoms with Gasteiger partial charge in [0.15, 0.2) is 0 Å². The molecule has 1 amide bonds. The van der Waals surface area contributed by atoms with Crippen molar-refractivity contribution in [3.8, 4) is 5.75 Å². The van der Waals surface area contributed by atoms with Crippen molar-refractivity contribution in [3.05, 3.63) is 29.8 Å². The van der Waals surface area contributed by atoms with Crippen LogP contribution >= 0.6 is 0 Å². The van der Waals surface area contributed by atoms with Gasteiger partial charge in [-0.2, -0.15) is 0 Å². The average Bonchev–Trinajstić information content (AvgIpc) is 2.60. The molecular formula is C19H29NO3. The second-order valence-electron chi connectivity index (χ2n) is 6.38. The van der Waals surface area contributed by atoms with Crippen LogP contribution in [0.4, 0.5) is 0 Å². The van der Waals surface area contributed by atoms with Crippen LogP contribution in [0, 0.1) is 5.92 Å². The molecule has 4 nitrogen and oxygen atoms in total. The Balaban J connectivity index is 2.13. The first-order valence-electron chi connectivity index (χ1n) is 8.70. The van der Waals surface area contributed by atoms with Crippen molar-refractivity contribution in [2.75, 3.05) is 26.4 Å². The maximum atomic E-state index is 12.2. The molecule has 1 fully saturated rings. The zero-order valence-corrected chi connectivity index (χ0v) is 14.6. The molecule has 2 rings (SSSR count). The summed E-state index contributed by atoms with van der Waals surface area (Å²) in [5.74, 6) is 1.10. The van der Waals surface area contributed by atoms with E-state index in [1.807, 2.05) is 32.9 Å². The van der Waals surface area contributed by atoms with Gasteiger partial charge in [-0.3, -0.25) is 4.79 Å². The third-order valence-electron chi connectivity index (χ3n) is 4.89. The standard InChI is InChI=1S/C19H29NO3/c1-4-15(3)18(21)20-14-19(10-12-22-13-11-19)16-6-8-17(9-7-16)23-5-2/h6-9,15H,4-5,10-14H2,1-3H3,(H,20,21)/t15-/m1/s1. The third kappa shape index (κ3) is 4.47. The van der Waals surface area contributed by atoms with Crippen LogP contribution in [0.25, 0.3) is 0 Å². The van der Waals surface area contributed by atoms with Gasteiger partial charge < -0.3 is 14.8 Å². The van der Waals surface area contributed by atoms with E-state index >= 15 is 0 Å². The molecule has 0 unspecified atom stereocenters. The minimum absolute atomic E-state index is 0.0356. The molecule has 1 N–H and O–H groups in total. The lowest BCUT2D eigenvalue weighted by atomic mass is 9.74. The van der Waals surface area contributed by atoms with Crippen molar-refractivity contribution in [2.24, 2.45) is 5.92 Å². The number of rotatable bonds is 7. The molecule has 1 atom stereocenters. The zero-order valence-electron chi connectivity index (χ0n) is 14.6. The highest BCUT2D eigenvalue weighted by molar-refractivity contribution is 5.78. The molecule has 1 aromatic carbocycles. The molecule has 0 spiro atoms. The lowest BCUT2D eigenvalue weighted by molar-refractivity contribution is -0.125. The maximum absolute atomic E-state index is 12.2. The molecule has 1 heterocycles. The molecule has 0 radical (unpaired) electrons. The molecule has 128 valence electrons. The number of carbonyl (C=O) groups excluding carboxylic acids is 1. The predicted molar refractivity (Wildman–Crippen MR) is 91.8 cm³/mol. The largest absolute Gasteiger partial charge is 0.494 e. The van der Waals surface area contributed by atoms with E-state index in [-0.39, 0.29) is 17.2 Å². The lowest BCUT2D eigenvalue weighted by Gasteiger charge is -2.38. The fourth-order valence-electron chi connectivity index (χ4n) is 3.02. The van der Waals surface area contributed by atoms with Crippen molar-refractivity contribution in [2.45, 2.75) is 45.4 Å². The second-order valence-corrected chi connectivity index (χ2v) is 6.38. The molecule has 4 heteroatoms. The van der Waals surface area contributed by atoms with Crippen LogP contribution < -0.4 is 10.1 Å². The Bertz CT molecular complexity index is 492. The summed E-state index contributed by atoms with van der Waals surface area (Å²) in [6, 6.07) is 8.30. The van der Waals surface area contributed by atoms with E-state index in [1.54, 1.807) is 0 Å². The second kappa shape index (κ2) is 8.34. The Kier molecular flexibility index (Phi) is 6.46. The summed E-state index contributed by atoms with van der Waals surface area (Å²) >= 11 is 0. The van der Waals surface area contributed by atoms with Crippen LogP contribution in [0.1, 0.15) is 45.6 Å². The minimum Gasteiger partial charge on any atom is -0.494 e. The van der Waals surface area contributed by atoms with Gasteiger partial charge in [0.2, 0.25) is 5.91 Å². The van der Waals surface area contributed by atoms with Gasteiger partial charge in [0.25, 0.3) is 0 Å². The minimum atomic E-state index is -0.0356. The van der Waals surface area contributed by atoms with Crippen LogP contribution in [-0.4, -0.2) is 32.3 Å². The lowest BCUT2D eigenvalue weighted by Crippen LogP contribution is -2.45. The fraction of sp³-hybridized carbons (Fsp3) is 0.632. The molecule has 1 aromatic rings.